The van der Waals surface area contributed by atoms with Crippen molar-refractivity contribution in [2.24, 2.45) is 5.92 Å². The van der Waals surface area contributed by atoms with Gasteiger partial charge in [0.2, 0.25) is 5.91 Å². The minimum Gasteiger partial charge on any atom is -0.481 e. The normalized spacial score (nSPS) is 31.3. The smallest absolute Gasteiger partial charge is 0.308 e. The molecule has 20 heavy (non-hydrogen) atoms. The first-order valence-electron chi connectivity index (χ1n) is 7.50. The van der Waals surface area contributed by atoms with Gasteiger partial charge in [0.15, 0.2) is 0 Å². The Balaban J connectivity index is 1.85. The van der Waals surface area contributed by atoms with Gasteiger partial charge in [0.05, 0.1) is 19.1 Å². The summed E-state index contributed by atoms with van der Waals surface area (Å²) in [6.45, 7) is 1.99. The van der Waals surface area contributed by atoms with Gasteiger partial charge in [0.1, 0.15) is 0 Å². The summed E-state index contributed by atoms with van der Waals surface area (Å²) in [4.78, 5) is 23.4. The fourth-order valence-corrected chi connectivity index (χ4v) is 3.02. The van der Waals surface area contributed by atoms with Crippen LogP contribution in [0.1, 0.15) is 38.5 Å². The van der Waals surface area contributed by atoms with E-state index in [0.29, 0.717) is 26.1 Å². The fraction of sp³-hybridized carbons (Fsp3) is 0.857. The molecular weight excluding hydrogens is 260 g/mol. The zero-order chi connectivity index (χ0) is 14.4. The maximum atomic E-state index is 12.1. The van der Waals surface area contributed by atoms with E-state index in [1.165, 1.54) is 0 Å². The summed E-state index contributed by atoms with van der Waals surface area (Å²) in [5.41, 5.74) is 0. The Morgan fingerprint density at radius 2 is 2.05 bits per heavy atom. The van der Waals surface area contributed by atoms with E-state index < -0.39 is 11.9 Å². The summed E-state index contributed by atoms with van der Waals surface area (Å²) in [7, 11) is 0. The molecule has 1 aliphatic heterocycles. The van der Waals surface area contributed by atoms with Crippen LogP contribution in [0.25, 0.3) is 0 Å². The van der Waals surface area contributed by atoms with E-state index in [1.54, 1.807) is 0 Å². The number of hydrogen-bond acceptors (Lipinski definition) is 4. The predicted molar refractivity (Wildman–Crippen MR) is 73.4 cm³/mol. The maximum absolute atomic E-state index is 12.1. The first-order chi connectivity index (χ1) is 9.66. The van der Waals surface area contributed by atoms with Crippen LogP contribution in [0.5, 0.6) is 0 Å². The topological polar surface area (TPSA) is 87.7 Å². The number of nitrogens with one attached hydrogen (secondary N) is 2. The quantitative estimate of drug-likeness (QED) is 0.655. The van der Waals surface area contributed by atoms with E-state index >= 15 is 0 Å². The van der Waals surface area contributed by atoms with Gasteiger partial charge in [0, 0.05) is 25.0 Å². The summed E-state index contributed by atoms with van der Waals surface area (Å²) in [6, 6.07) is -0.190. The van der Waals surface area contributed by atoms with Crippen LogP contribution in [-0.2, 0) is 14.3 Å². The molecule has 0 aromatic heterocycles. The molecule has 3 N–H and O–H groups in total. The minimum atomic E-state index is -0.795. The van der Waals surface area contributed by atoms with E-state index in [-0.39, 0.29) is 18.0 Å². The van der Waals surface area contributed by atoms with Gasteiger partial charge in [-0.2, -0.15) is 0 Å². The number of rotatable bonds is 4. The summed E-state index contributed by atoms with van der Waals surface area (Å²) in [5, 5.41) is 15.4. The van der Waals surface area contributed by atoms with Crippen molar-refractivity contribution in [3.8, 4) is 0 Å². The number of ether oxygens (including phenoxy) is 1. The average molecular weight is 284 g/mol. The molecule has 2 rings (SSSR count). The molecule has 1 saturated heterocycles. The van der Waals surface area contributed by atoms with E-state index in [0.717, 1.165) is 32.2 Å². The number of aliphatic carboxylic acids is 1. The van der Waals surface area contributed by atoms with E-state index in [2.05, 4.69) is 10.6 Å². The summed E-state index contributed by atoms with van der Waals surface area (Å²) in [5.74, 6) is -1.32. The van der Waals surface area contributed by atoms with Crippen LogP contribution in [-0.4, -0.2) is 48.8 Å². The monoisotopic (exact) mass is 284 g/mol. The Morgan fingerprint density at radius 3 is 2.75 bits per heavy atom. The molecule has 2 fully saturated rings. The van der Waals surface area contributed by atoms with Gasteiger partial charge in [-0.3, -0.25) is 9.59 Å². The molecule has 3 atom stereocenters. The molecule has 1 amide bonds. The van der Waals surface area contributed by atoms with Gasteiger partial charge in [-0.25, -0.2) is 0 Å². The van der Waals surface area contributed by atoms with Crippen molar-refractivity contribution in [1.29, 1.82) is 0 Å². The molecule has 0 aromatic carbocycles. The Labute approximate surface area is 119 Å². The highest BCUT2D eigenvalue weighted by atomic mass is 16.5. The molecule has 1 aliphatic carbocycles. The number of carboxylic acids is 1. The molecule has 3 unspecified atom stereocenters. The number of carboxylic acid groups (broad SMARTS) is 1. The summed E-state index contributed by atoms with van der Waals surface area (Å²) in [6.07, 6.45) is 4.74. The van der Waals surface area contributed by atoms with Gasteiger partial charge in [-0.1, -0.05) is 19.3 Å². The van der Waals surface area contributed by atoms with Crippen LogP contribution < -0.4 is 10.6 Å². The third-order valence-electron chi connectivity index (χ3n) is 4.11. The van der Waals surface area contributed by atoms with Crippen molar-refractivity contribution >= 4 is 11.9 Å². The Morgan fingerprint density at radius 1 is 1.25 bits per heavy atom. The number of morpholine rings is 1. The lowest BCUT2D eigenvalue weighted by molar-refractivity contribution is -0.143. The van der Waals surface area contributed by atoms with Crippen molar-refractivity contribution in [3.05, 3.63) is 0 Å². The second kappa shape index (κ2) is 7.59. The lowest BCUT2D eigenvalue weighted by Gasteiger charge is -2.26. The Kier molecular flexibility index (Phi) is 5.79. The molecule has 2 aliphatic rings. The molecule has 6 nitrogen and oxygen atoms in total. The number of hydrogen-bond donors (Lipinski definition) is 3. The Bertz CT molecular complexity index is 342. The van der Waals surface area contributed by atoms with E-state index in [4.69, 9.17) is 4.74 Å². The lowest BCUT2D eigenvalue weighted by atomic mass is 9.94. The van der Waals surface area contributed by atoms with E-state index in [9.17, 15) is 14.7 Å². The average Bonchev–Trinajstić information content (AvgIpc) is 2.65. The van der Waals surface area contributed by atoms with Crippen molar-refractivity contribution in [2.75, 3.05) is 19.8 Å². The number of carbonyl (C=O) groups excluding carboxylic acids is 1. The highest BCUT2D eigenvalue weighted by Gasteiger charge is 2.31. The predicted octanol–water partition coefficient (Wildman–Crippen LogP) is 0.515. The summed E-state index contributed by atoms with van der Waals surface area (Å²) >= 11 is 0. The fourth-order valence-electron chi connectivity index (χ4n) is 3.02. The summed E-state index contributed by atoms with van der Waals surface area (Å²) < 4.78 is 5.32. The first kappa shape index (κ1) is 15.3. The molecule has 1 heterocycles. The van der Waals surface area contributed by atoms with Crippen LogP contribution >= 0.6 is 0 Å². The lowest BCUT2D eigenvalue weighted by Crippen LogP contribution is -2.48. The molecule has 0 spiro atoms. The van der Waals surface area contributed by atoms with Gasteiger partial charge in [-0.15, -0.1) is 0 Å². The van der Waals surface area contributed by atoms with Crippen molar-refractivity contribution < 1.29 is 19.4 Å². The number of amides is 1. The molecule has 0 radical (unpaired) electrons. The molecule has 6 heteroatoms. The van der Waals surface area contributed by atoms with Crippen LogP contribution in [0.3, 0.4) is 0 Å². The second-order valence-electron chi connectivity index (χ2n) is 5.69. The first-order valence-corrected chi connectivity index (χ1v) is 7.50. The second-order valence-corrected chi connectivity index (χ2v) is 5.69. The highest BCUT2D eigenvalue weighted by Crippen LogP contribution is 2.24. The number of carbonyl (C=O) groups is 2. The van der Waals surface area contributed by atoms with E-state index in [1.807, 2.05) is 0 Å². The minimum absolute atomic E-state index is 0.0396. The maximum Gasteiger partial charge on any atom is 0.308 e. The molecule has 0 aromatic rings. The zero-order valence-electron chi connectivity index (χ0n) is 11.8. The van der Waals surface area contributed by atoms with Gasteiger partial charge in [-0.05, 0) is 12.8 Å². The van der Waals surface area contributed by atoms with Crippen LogP contribution in [0.4, 0.5) is 0 Å². The van der Waals surface area contributed by atoms with Crippen molar-refractivity contribution in [2.45, 2.75) is 50.6 Å². The molecule has 114 valence electrons. The SMILES string of the molecule is O=C(CC1COCCN1)NC1CCCCCC1C(=O)O. The third-order valence-corrected chi connectivity index (χ3v) is 4.11. The molecule has 0 bridgehead atoms. The zero-order valence-corrected chi connectivity index (χ0v) is 11.8. The van der Waals surface area contributed by atoms with Gasteiger partial charge in [0.25, 0.3) is 0 Å². The van der Waals surface area contributed by atoms with Crippen LogP contribution in [0.2, 0.25) is 0 Å². The third kappa shape index (κ3) is 4.45. The van der Waals surface area contributed by atoms with Gasteiger partial charge < -0.3 is 20.5 Å². The van der Waals surface area contributed by atoms with Crippen molar-refractivity contribution in [1.82, 2.24) is 10.6 Å². The van der Waals surface area contributed by atoms with Crippen LogP contribution in [0.15, 0.2) is 0 Å². The highest BCUT2D eigenvalue weighted by molar-refractivity contribution is 5.78. The molecular formula is C14H24N2O4. The molecule has 1 saturated carbocycles. The largest absolute Gasteiger partial charge is 0.481 e. The standard InChI is InChI=1S/C14H24N2O4/c17-13(8-10-9-20-7-6-15-10)16-12-5-3-1-2-4-11(12)14(18)19/h10-12,15H,1-9H2,(H,16,17)(H,18,19). The Hall–Kier alpha value is -1.14. The van der Waals surface area contributed by atoms with Gasteiger partial charge >= 0.3 is 5.97 Å². The van der Waals surface area contributed by atoms with Crippen molar-refractivity contribution in [3.63, 3.8) is 0 Å². The van der Waals surface area contributed by atoms with Crippen LogP contribution in [0, 0.1) is 5.92 Å².